The number of carbonyl (C=O) groups is 1. The van der Waals surface area contributed by atoms with E-state index in [1.165, 1.54) is 12.1 Å². The lowest BCUT2D eigenvalue weighted by Gasteiger charge is -2.19. The van der Waals surface area contributed by atoms with Gasteiger partial charge in [0.2, 0.25) is 5.82 Å². The molecule has 1 aliphatic rings. The molecule has 1 aromatic carbocycles. The SMILES string of the molecule is O=C(O)CN(Cc1cccc([N+](=O)[O-])c1F)C1CC1. The molecule has 1 saturated carbocycles. The number of aliphatic carboxylic acids is 1. The molecule has 0 atom stereocenters. The van der Waals surface area contributed by atoms with Crippen LogP contribution in [-0.2, 0) is 11.3 Å². The molecule has 0 spiro atoms. The van der Waals surface area contributed by atoms with Crippen LogP contribution in [0.15, 0.2) is 18.2 Å². The summed E-state index contributed by atoms with van der Waals surface area (Å²) < 4.78 is 13.9. The highest BCUT2D eigenvalue weighted by Gasteiger charge is 2.31. The van der Waals surface area contributed by atoms with Crippen LogP contribution in [0.5, 0.6) is 0 Å². The number of halogens is 1. The highest BCUT2D eigenvalue weighted by Crippen LogP contribution is 2.29. The quantitative estimate of drug-likeness (QED) is 0.628. The van der Waals surface area contributed by atoms with Gasteiger partial charge in [0.25, 0.3) is 0 Å². The van der Waals surface area contributed by atoms with Gasteiger partial charge in [-0.25, -0.2) is 0 Å². The fourth-order valence-electron chi connectivity index (χ4n) is 1.98. The van der Waals surface area contributed by atoms with Crippen molar-refractivity contribution in [3.05, 3.63) is 39.7 Å². The van der Waals surface area contributed by atoms with Crippen LogP contribution in [-0.4, -0.2) is 33.5 Å². The zero-order valence-corrected chi connectivity index (χ0v) is 10.1. The summed E-state index contributed by atoms with van der Waals surface area (Å²) >= 11 is 0. The molecule has 7 heteroatoms. The Bertz CT molecular complexity index is 516. The van der Waals surface area contributed by atoms with Gasteiger partial charge in [-0.15, -0.1) is 0 Å². The summed E-state index contributed by atoms with van der Waals surface area (Å²) in [4.78, 5) is 22.2. The third-order valence-electron chi connectivity index (χ3n) is 3.03. The summed E-state index contributed by atoms with van der Waals surface area (Å²) in [6, 6.07) is 4.08. The number of carboxylic acids is 1. The summed E-state index contributed by atoms with van der Waals surface area (Å²) in [6.45, 7) is -0.114. The monoisotopic (exact) mass is 268 g/mol. The van der Waals surface area contributed by atoms with Crippen LogP contribution in [0.3, 0.4) is 0 Å². The van der Waals surface area contributed by atoms with E-state index >= 15 is 0 Å². The van der Waals surface area contributed by atoms with Crippen molar-refractivity contribution in [2.45, 2.75) is 25.4 Å². The third kappa shape index (κ3) is 3.25. The number of benzene rings is 1. The van der Waals surface area contributed by atoms with Crippen molar-refractivity contribution in [2.24, 2.45) is 0 Å². The zero-order chi connectivity index (χ0) is 14.0. The molecule has 0 aromatic heterocycles. The lowest BCUT2D eigenvalue weighted by atomic mass is 10.1. The summed E-state index contributed by atoms with van der Waals surface area (Å²) in [7, 11) is 0. The summed E-state index contributed by atoms with van der Waals surface area (Å²) in [6.07, 6.45) is 1.76. The molecule has 0 saturated heterocycles. The summed E-state index contributed by atoms with van der Waals surface area (Å²) in [5, 5.41) is 19.4. The van der Waals surface area contributed by atoms with Crippen molar-refractivity contribution in [1.29, 1.82) is 0 Å². The first kappa shape index (κ1) is 13.4. The van der Waals surface area contributed by atoms with Crippen LogP contribution in [0.2, 0.25) is 0 Å². The Kier molecular flexibility index (Phi) is 3.75. The molecular weight excluding hydrogens is 255 g/mol. The Morgan fingerprint density at radius 2 is 2.21 bits per heavy atom. The molecule has 0 radical (unpaired) electrons. The Hall–Kier alpha value is -2.02. The van der Waals surface area contributed by atoms with Gasteiger partial charge >= 0.3 is 11.7 Å². The third-order valence-corrected chi connectivity index (χ3v) is 3.03. The second-order valence-corrected chi connectivity index (χ2v) is 4.54. The molecule has 0 amide bonds. The van der Waals surface area contributed by atoms with Gasteiger partial charge in [-0.05, 0) is 12.8 Å². The summed E-state index contributed by atoms with van der Waals surface area (Å²) in [5.41, 5.74) is -0.425. The minimum atomic E-state index is -0.988. The normalized spacial score (nSPS) is 14.6. The fraction of sp³-hybridized carbons (Fsp3) is 0.417. The topological polar surface area (TPSA) is 83.7 Å². The van der Waals surface area contributed by atoms with E-state index in [0.717, 1.165) is 18.9 Å². The first-order chi connectivity index (χ1) is 8.99. The van der Waals surface area contributed by atoms with E-state index in [4.69, 9.17) is 5.11 Å². The number of hydrogen-bond acceptors (Lipinski definition) is 4. The van der Waals surface area contributed by atoms with Crippen molar-refractivity contribution in [2.75, 3.05) is 6.54 Å². The molecule has 2 rings (SSSR count). The smallest absolute Gasteiger partial charge is 0.317 e. The molecule has 0 aliphatic heterocycles. The lowest BCUT2D eigenvalue weighted by Crippen LogP contribution is -2.31. The van der Waals surface area contributed by atoms with Gasteiger partial charge in [-0.2, -0.15) is 4.39 Å². The molecule has 19 heavy (non-hydrogen) atoms. The van der Waals surface area contributed by atoms with Crippen molar-refractivity contribution < 1.29 is 19.2 Å². The van der Waals surface area contributed by atoms with E-state index in [-0.39, 0.29) is 24.7 Å². The predicted octanol–water partition coefficient (Wildman–Crippen LogP) is 1.78. The van der Waals surface area contributed by atoms with E-state index in [2.05, 4.69) is 0 Å². The van der Waals surface area contributed by atoms with Crippen molar-refractivity contribution >= 4 is 11.7 Å². The molecule has 1 aromatic rings. The largest absolute Gasteiger partial charge is 0.480 e. The Balaban J connectivity index is 2.19. The van der Waals surface area contributed by atoms with Gasteiger partial charge in [-0.3, -0.25) is 19.8 Å². The molecule has 1 fully saturated rings. The highest BCUT2D eigenvalue weighted by molar-refractivity contribution is 5.69. The van der Waals surface area contributed by atoms with E-state index in [1.807, 2.05) is 0 Å². The van der Waals surface area contributed by atoms with Gasteiger partial charge < -0.3 is 5.11 Å². The number of rotatable bonds is 6. The van der Waals surface area contributed by atoms with Gasteiger partial charge in [0.05, 0.1) is 11.5 Å². The second-order valence-electron chi connectivity index (χ2n) is 4.54. The maximum absolute atomic E-state index is 13.9. The van der Waals surface area contributed by atoms with Gasteiger partial charge in [0.1, 0.15) is 0 Å². The first-order valence-electron chi connectivity index (χ1n) is 5.86. The minimum absolute atomic E-state index is 0.0739. The van der Waals surface area contributed by atoms with Crippen LogP contribution in [0, 0.1) is 15.9 Å². The number of nitrogens with zero attached hydrogens (tertiary/aromatic N) is 2. The molecule has 0 unspecified atom stereocenters. The van der Waals surface area contributed by atoms with Crippen molar-refractivity contribution in [1.82, 2.24) is 4.90 Å². The Morgan fingerprint density at radius 3 is 2.74 bits per heavy atom. The summed E-state index contributed by atoms with van der Waals surface area (Å²) in [5.74, 6) is -1.87. The van der Waals surface area contributed by atoms with Crippen LogP contribution in [0.25, 0.3) is 0 Å². The second kappa shape index (κ2) is 5.31. The fourth-order valence-corrected chi connectivity index (χ4v) is 1.98. The minimum Gasteiger partial charge on any atom is -0.480 e. The number of nitro groups is 1. The zero-order valence-electron chi connectivity index (χ0n) is 10.1. The van der Waals surface area contributed by atoms with Crippen LogP contribution < -0.4 is 0 Å². The molecule has 0 heterocycles. The maximum atomic E-state index is 13.9. The number of carboxylic acid groups (broad SMARTS) is 1. The number of hydrogen-bond donors (Lipinski definition) is 1. The average molecular weight is 268 g/mol. The van der Waals surface area contributed by atoms with E-state index in [1.54, 1.807) is 4.90 Å². The standard InChI is InChI=1S/C12H13FN2O4/c13-12-8(2-1-3-10(12)15(18)19)6-14(7-11(16)17)9-4-5-9/h1-3,9H,4-7H2,(H,16,17). The van der Waals surface area contributed by atoms with E-state index in [0.29, 0.717) is 0 Å². The Morgan fingerprint density at radius 1 is 1.53 bits per heavy atom. The average Bonchev–Trinajstić information content (AvgIpc) is 3.13. The molecule has 1 N–H and O–H groups in total. The van der Waals surface area contributed by atoms with Gasteiger partial charge in [0, 0.05) is 24.2 Å². The molecule has 6 nitrogen and oxygen atoms in total. The maximum Gasteiger partial charge on any atom is 0.317 e. The lowest BCUT2D eigenvalue weighted by molar-refractivity contribution is -0.387. The number of nitro benzene ring substituents is 1. The molecule has 102 valence electrons. The first-order valence-corrected chi connectivity index (χ1v) is 5.86. The van der Waals surface area contributed by atoms with Gasteiger partial charge in [0.15, 0.2) is 0 Å². The highest BCUT2D eigenvalue weighted by atomic mass is 19.1. The van der Waals surface area contributed by atoms with Crippen LogP contribution in [0.1, 0.15) is 18.4 Å². The molecule has 0 bridgehead atoms. The van der Waals surface area contributed by atoms with Crippen LogP contribution in [0.4, 0.5) is 10.1 Å². The van der Waals surface area contributed by atoms with Crippen molar-refractivity contribution in [3.63, 3.8) is 0 Å². The van der Waals surface area contributed by atoms with Crippen molar-refractivity contribution in [3.8, 4) is 0 Å². The molecular formula is C12H13FN2O4. The van der Waals surface area contributed by atoms with Crippen LogP contribution >= 0.6 is 0 Å². The van der Waals surface area contributed by atoms with E-state index < -0.39 is 22.4 Å². The predicted molar refractivity (Wildman–Crippen MR) is 64.1 cm³/mol. The Labute approximate surface area is 108 Å². The van der Waals surface area contributed by atoms with Gasteiger partial charge in [-0.1, -0.05) is 12.1 Å². The molecule has 1 aliphatic carbocycles. The van der Waals surface area contributed by atoms with E-state index in [9.17, 15) is 19.3 Å².